The van der Waals surface area contributed by atoms with Gasteiger partial charge in [-0.25, -0.2) is 4.79 Å². The number of rotatable bonds is 6. The standard InChI is InChI=1S/C20H29NO3/c1-14(2)16-9-11-17(12-10-16)18(22)21-20(3,19(23)24)13-15-7-5-4-6-8-15/h4-8,14,16-17H,9-13H2,1-3H3,(H,21,22)(H,23,24)/t16?,17?,20-/m1/s1. The van der Waals surface area contributed by atoms with Gasteiger partial charge in [-0.15, -0.1) is 0 Å². The molecule has 1 atom stereocenters. The van der Waals surface area contributed by atoms with E-state index in [2.05, 4.69) is 19.2 Å². The van der Waals surface area contributed by atoms with E-state index >= 15 is 0 Å². The van der Waals surface area contributed by atoms with Gasteiger partial charge in [0.15, 0.2) is 0 Å². The van der Waals surface area contributed by atoms with Crippen LogP contribution in [0.2, 0.25) is 0 Å². The van der Waals surface area contributed by atoms with Crippen LogP contribution in [-0.2, 0) is 16.0 Å². The lowest BCUT2D eigenvalue weighted by molar-refractivity contribution is -0.147. The highest BCUT2D eigenvalue weighted by Gasteiger charge is 2.37. The number of hydrogen-bond donors (Lipinski definition) is 2. The lowest BCUT2D eigenvalue weighted by atomic mass is 9.76. The fourth-order valence-electron chi connectivity index (χ4n) is 3.60. The van der Waals surface area contributed by atoms with Crippen LogP contribution in [0.1, 0.15) is 52.0 Å². The second-order valence-corrected chi connectivity index (χ2v) is 7.64. The summed E-state index contributed by atoms with van der Waals surface area (Å²) in [6.07, 6.45) is 4.11. The highest BCUT2D eigenvalue weighted by molar-refractivity contribution is 5.88. The molecule has 2 N–H and O–H groups in total. The number of carboxylic acids is 1. The molecule has 1 aliphatic rings. The molecule has 0 bridgehead atoms. The predicted molar refractivity (Wildman–Crippen MR) is 94.6 cm³/mol. The Bertz CT molecular complexity index is 562. The summed E-state index contributed by atoms with van der Waals surface area (Å²) in [5.74, 6) is 0.170. The molecule has 0 unspecified atom stereocenters. The molecular weight excluding hydrogens is 302 g/mol. The maximum absolute atomic E-state index is 12.6. The summed E-state index contributed by atoms with van der Waals surface area (Å²) < 4.78 is 0. The second-order valence-electron chi connectivity index (χ2n) is 7.64. The van der Waals surface area contributed by atoms with Gasteiger partial charge in [0.2, 0.25) is 5.91 Å². The summed E-state index contributed by atoms with van der Waals surface area (Å²) >= 11 is 0. The lowest BCUT2D eigenvalue weighted by Gasteiger charge is -2.33. The van der Waals surface area contributed by atoms with E-state index in [4.69, 9.17) is 0 Å². The van der Waals surface area contributed by atoms with E-state index in [9.17, 15) is 14.7 Å². The predicted octanol–water partition coefficient (Wildman–Crippen LogP) is 3.65. The third-order valence-corrected chi connectivity index (χ3v) is 5.36. The highest BCUT2D eigenvalue weighted by Crippen LogP contribution is 2.33. The Morgan fingerprint density at radius 1 is 1.17 bits per heavy atom. The maximum atomic E-state index is 12.6. The van der Waals surface area contributed by atoms with Crippen molar-refractivity contribution in [3.05, 3.63) is 35.9 Å². The largest absolute Gasteiger partial charge is 0.480 e. The number of carboxylic acid groups (broad SMARTS) is 1. The van der Waals surface area contributed by atoms with Crippen molar-refractivity contribution >= 4 is 11.9 Å². The fraction of sp³-hybridized carbons (Fsp3) is 0.600. The molecule has 1 aromatic carbocycles. The molecule has 1 amide bonds. The molecule has 0 saturated heterocycles. The molecule has 1 aliphatic carbocycles. The van der Waals surface area contributed by atoms with Crippen LogP contribution in [0, 0.1) is 17.8 Å². The highest BCUT2D eigenvalue weighted by atomic mass is 16.4. The van der Waals surface area contributed by atoms with Gasteiger partial charge in [0.05, 0.1) is 0 Å². The normalized spacial score (nSPS) is 23.5. The maximum Gasteiger partial charge on any atom is 0.329 e. The van der Waals surface area contributed by atoms with E-state index in [1.54, 1.807) is 6.92 Å². The van der Waals surface area contributed by atoms with E-state index in [-0.39, 0.29) is 18.2 Å². The van der Waals surface area contributed by atoms with E-state index in [0.29, 0.717) is 11.8 Å². The van der Waals surface area contributed by atoms with Crippen LogP contribution in [0.15, 0.2) is 30.3 Å². The fourth-order valence-corrected chi connectivity index (χ4v) is 3.60. The average molecular weight is 331 g/mol. The van der Waals surface area contributed by atoms with Crippen molar-refractivity contribution < 1.29 is 14.7 Å². The number of aliphatic carboxylic acids is 1. The zero-order chi connectivity index (χ0) is 17.7. The van der Waals surface area contributed by atoms with Gasteiger partial charge in [-0.3, -0.25) is 4.79 Å². The summed E-state index contributed by atoms with van der Waals surface area (Å²) in [4.78, 5) is 24.4. The van der Waals surface area contributed by atoms with Crippen molar-refractivity contribution in [3.8, 4) is 0 Å². The van der Waals surface area contributed by atoms with Crippen molar-refractivity contribution in [1.82, 2.24) is 5.32 Å². The Kier molecular flexibility index (Phi) is 6.03. The minimum Gasteiger partial charge on any atom is -0.480 e. The summed E-state index contributed by atoms with van der Waals surface area (Å²) in [5.41, 5.74) is -0.362. The van der Waals surface area contributed by atoms with E-state index in [1.165, 1.54) is 0 Å². The van der Waals surface area contributed by atoms with Gasteiger partial charge in [0, 0.05) is 12.3 Å². The first kappa shape index (κ1) is 18.5. The van der Waals surface area contributed by atoms with Crippen molar-refractivity contribution in [3.63, 3.8) is 0 Å². The molecule has 24 heavy (non-hydrogen) atoms. The van der Waals surface area contributed by atoms with Gasteiger partial charge >= 0.3 is 5.97 Å². The van der Waals surface area contributed by atoms with Gasteiger partial charge < -0.3 is 10.4 Å². The first-order chi connectivity index (χ1) is 11.3. The second kappa shape index (κ2) is 7.82. The van der Waals surface area contributed by atoms with Crippen molar-refractivity contribution in [1.29, 1.82) is 0 Å². The summed E-state index contributed by atoms with van der Waals surface area (Å²) in [6, 6.07) is 9.44. The smallest absolute Gasteiger partial charge is 0.329 e. The first-order valence-corrected chi connectivity index (χ1v) is 8.91. The van der Waals surface area contributed by atoms with Gasteiger partial charge in [-0.05, 0) is 50.0 Å². The molecule has 2 rings (SSSR count). The molecule has 0 spiro atoms. The van der Waals surface area contributed by atoms with E-state index < -0.39 is 11.5 Å². The van der Waals surface area contributed by atoms with Crippen molar-refractivity contribution in [2.75, 3.05) is 0 Å². The summed E-state index contributed by atoms with van der Waals surface area (Å²) in [5, 5.41) is 12.5. The van der Waals surface area contributed by atoms with Gasteiger partial charge in [-0.1, -0.05) is 44.2 Å². The average Bonchev–Trinajstić information content (AvgIpc) is 2.55. The van der Waals surface area contributed by atoms with Crippen LogP contribution in [-0.4, -0.2) is 22.5 Å². The molecule has 0 radical (unpaired) electrons. The Morgan fingerprint density at radius 3 is 2.25 bits per heavy atom. The van der Waals surface area contributed by atoms with Crippen molar-refractivity contribution in [2.45, 2.75) is 58.4 Å². The molecule has 0 aliphatic heterocycles. The molecule has 4 heteroatoms. The van der Waals surface area contributed by atoms with Crippen LogP contribution < -0.4 is 5.32 Å². The number of amides is 1. The Labute approximate surface area is 144 Å². The van der Waals surface area contributed by atoms with Crippen LogP contribution in [0.25, 0.3) is 0 Å². The number of carbonyl (C=O) groups is 2. The number of hydrogen-bond acceptors (Lipinski definition) is 2. The van der Waals surface area contributed by atoms with Crippen LogP contribution in [0.5, 0.6) is 0 Å². The number of carbonyl (C=O) groups excluding carboxylic acids is 1. The topological polar surface area (TPSA) is 66.4 Å². The summed E-state index contributed by atoms with van der Waals surface area (Å²) in [6.45, 7) is 6.05. The molecule has 1 aromatic rings. The molecular formula is C20H29NO3. The number of nitrogens with one attached hydrogen (secondary N) is 1. The lowest BCUT2D eigenvalue weighted by Crippen LogP contribution is -2.55. The zero-order valence-electron chi connectivity index (χ0n) is 14.9. The SMILES string of the molecule is CC(C)C1CCC(C(=O)N[C@](C)(Cc2ccccc2)C(=O)O)CC1. The van der Waals surface area contributed by atoms with E-state index in [0.717, 1.165) is 31.2 Å². The first-order valence-electron chi connectivity index (χ1n) is 8.91. The molecule has 1 fully saturated rings. The minimum atomic E-state index is -1.27. The Hall–Kier alpha value is -1.84. The zero-order valence-corrected chi connectivity index (χ0v) is 14.9. The molecule has 4 nitrogen and oxygen atoms in total. The quantitative estimate of drug-likeness (QED) is 0.836. The monoisotopic (exact) mass is 331 g/mol. The minimum absolute atomic E-state index is 0.0607. The van der Waals surface area contributed by atoms with E-state index in [1.807, 2.05) is 30.3 Å². The third kappa shape index (κ3) is 4.59. The van der Waals surface area contributed by atoms with Gasteiger partial charge in [0.25, 0.3) is 0 Å². The molecule has 1 saturated carbocycles. The summed E-state index contributed by atoms with van der Waals surface area (Å²) in [7, 11) is 0. The molecule has 0 heterocycles. The third-order valence-electron chi connectivity index (χ3n) is 5.36. The number of benzene rings is 1. The van der Waals surface area contributed by atoms with Crippen molar-refractivity contribution in [2.24, 2.45) is 17.8 Å². The van der Waals surface area contributed by atoms with Gasteiger partial charge in [-0.2, -0.15) is 0 Å². The molecule has 0 aromatic heterocycles. The van der Waals surface area contributed by atoms with Crippen LogP contribution in [0.4, 0.5) is 0 Å². The Morgan fingerprint density at radius 2 is 1.75 bits per heavy atom. The van der Waals surface area contributed by atoms with Crippen LogP contribution >= 0.6 is 0 Å². The van der Waals surface area contributed by atoms with Gasteiger partial charge in [0.1, 0.15) is 5.54 Å². The Balaban J connectivity index is 2.00. The molecule has 132 valence electrons. The van der Waals surface area contributed by atoms with Crippen LogP contribution in [0.3, 0.4) is 0 Å².